The first-order chi connectivity index (χ1) is 12.2. The molecule has 0 saturated heterocycles. The molecule has 10 heteroatoms. The molecule has 0 atom stereocenters. The summed E-state index contributed by atoms with van der Waals surface area (Å²) >= 11 is 0. The van der Waals surface area contributed by atoms with Crippen LogP contribution in [0.5, 0.6) is 0 Å². The summed E-state index contributed by atoms with van der Waals surface area (Å²) in [6.45, 7) is 6.96. The summed E-state index contributed by atoms with van der Waals surface area (Å²) in [6, 6.07) is 9.94. The summed E-state index contributed by atoms with van der Waals surface area (Å²) in [5, 5.41) is 2.62. The minimum Gasteiger partial charge on any atom is -0.418 e. The molecule has 0 unspecified atom stereocenters. The maximum absolute atomic E-state index is 12.8. The predicted octanol–water partition coefficient (Wildman–Crippen LogP) is 4.70. The minimum atomic E-state index is -6.00. The van der Waals surface area contributed by atoms with E-state index in [-0.39, 0.29) is 10.8 Å². The summed E-state index contributed by atoms with van der Waals surface area (Å²) in [6.07, 6.45) is 0. The third-order valence-corrected chi connectivity index (χ3v) is 5.43. The van der Waals surface area contributed by atoms with Crippen LogP contribution in [0.4, 0.5) is 23.0 Å². The molecule has 1 amide bonds. The maximum Gasteiger partial charge on any atom is 0.673 e. The first-order valence-electron chi connectivity index (χ1n) is 7.79. The van der Waals surface area contributed by atoms with E-state index in [1.807, 2.05) is 19.1 Å². The van der Waals surface area contributed by atoms with Gasteiger partial charge in [0.2, 0.25) is 15.7 Å². The largest absolute Gasteiger partial charge is 0.673 e. The molecule has 0 aliphatic rings. The lowest BCUT2D eigenvalue weighted by Crippen LogP contribution is -2.08. The lowest BCUT2D eigenvalue weighted by atomic mass is 10.1. The molecule has 27 heavy (non-hydrogen) atoms. The van der Waals surface area contributed by atoms with Crippen molar-refractivity contribution in [2.75, 3.05) is 5.32 Å². The van der Waals surface area contributed by atoms with E-state index in [2.05, 4.69) is 5.32 Å². The second-order valence-electron chi connectivity index (χ2n) is 5.93. The number of carbonyl (C=O) groups is 1. The Morgan fingerprint density at radius 2 is 1.33 bits per heavy atom. The van der Waals surface area contributed by atoms with E-state index in [0.29, 0.717) is 10.6 Å². The van der Waals surface area contributed by atoms with E-state index in [1.54, 1.807) is 26.0 Å². The summed E-state index contributed by atoms with van der Waals surface area (Å²) in [4.78, 5) is 11.6. The van der Waals surface area contributed by atoms with Gasteiger partial charge in [-0.05, 0) is 56.2 Å². The van der Waals surface area contributed by atoms with Crippen molar-refractivity contribution in [3.63, 3.8) is 0 Å². The van der Waals surface area contributed by atoms with Gasteiger partial charge in [0.25, 0.3) is 0 Å². The van der Waals surface area contributed by atoms with Crippen LogP contribution in [0, 0.1) is 20.8 Å². The lowest BCUT2D eigenvalue weighted by molar-refractivity contribution is -0.114. The number of aryl methyl sites for hydroxylation is 3. The SMILES string of the molecule is CC(=O)Nc1ccc(S(=O)(=O)c2c(C)cc(C)cc2C)cc1.F[B-](F)(F)F. The van der Waals surface area contributed by atoms with Crippen LogP contribution in [0.1, 0.15) is 23.6 Å². The Morgan fingerprint density at radius 3 is 1.70 bits per heavy atom. The number of hydrogen-bond acceptors (Lipinski definition) is 3. The second kappa shape index (κ2) is 8.56. The average molecular weight is 404 g/mol. The van der Waals surface area contributed by atoms with Crippen LogP contribution >= 0.6 is 0 Å². The molecule has 0 radical (unpaired) electrons. The fourth-order valence-corrected chi connectivity index (χ4v) is 4.32. The first kappa shape index (κ1) is 22.7. The minimum absolute atomic E-state index is 0.194. The molecule has 0 aliphatic carbocycles. The van der Waals surface area contributed by atoms with Crippen molar-refractivity contribution in [2.45, 2.75) is 37.5 Å². The zero-order valence-electron chi connectivity index (χ0n) is 15.2. The van der Waals surface area contributed by atoms with Crippen LogP contribution in [-0.2, 0) is 14.6 Å². The molecule has 0 bridgehead atoms. The predicted molar refractivity (Wildman–Crippen MR) is 97.0 cm³/mol. The van der Waals surface area contributed by atoms with Crippen molar-refractivity contribution in [1.82, 2.24) is 0 Å². The van der Waals surface area contributed by atoms with Crippen molar-refractivity contribution >= 4 is 28.7 Å². The molecule has 0 fully saturated rings. The van der Waals surface area contributed by atoms with E-state index in [4.69, 9.17) is 0 Å². The molecule has 2 rings (SSSR count). The molecule has 0 aliphatic heterocycles. The number of halogens is 4. The third kappa shape index (κ3) is 7.05. The normalized spacial score (nSPS) is 11.4. The van der Waals surface area contributed by atoms with Gasteiger partial charge in [0.05, 0.1) is 9.79 Å². The Balaban J connectivity index is 0.000000646. The van der Waals surface area contributed by atoms with E-state index in [9.17, 15) is 30.5 Å². The molecule has 0 heterocycles. The van der Waals surface area contributed by atoms with Crippen molar-refractivity contribution < 1.29 is 30.5 Å². The van der Waals surface area contributed by atoms with E-state index >= 15 is 0 Å². The molecular weight excluding hydrogens is 385 g/mol. The Bertz CT molecular complexity index is 897. The average Bonchev–Trinajstić information content (AvgIpc) is 2.43. The van der Waals surface area contributed by atoms with Gasteiger partial charge in [-0.15, -0.1) is 0 Å². The van der Waals surface area contributed by atoms with Crippen LogP contribution in [-0.4, -0.2) is 21.6 Å². The zero-order chi connectivity index (χ0) is 21.0. The summed E-state index contributed by atoms with van der Waals surface area (Å²) in [5.74, 6) is -0.194. The Hall–Kier alpha value is -2.36. The van der Waals surface area contributed by atoms with Crippen molar-refractivity contribution in [2.24, 2.45) is 0 Å². The van der Waals surface area contributed by atoms with Gasteiger partial charge in [-0.2, -0.15) is 0 Å². The highest BCUT2D eigenvalue weighted by Gasteiger charge is 2.22. The monoisotopic (exact) mass is 404 g/mol. The third-order valence-electron chi connectivity index (χ3n) is 3.36. The fraction of sp³-hybridized carbons (Fsp3) is 0.235. The van der Waals surface area contributed by atoms with Crippen LogP contribution in [0.25, 0.3) is 0 Å². The van der Waals surface area contributed by atoms with Crippen LogP contribution in [0.2, 0.25) is 0 Å². The molecule has 1 N–H and O–H groups in total. The molecule has 2 aromatic carbocycles. The number of benzene rings is 2. The topological polar surface area (TPSA) is 63.2 Å². The highest BCUT2D eigenvalue weighted by atomic mass is 32.2. The number of nitrogens with one attached hydrogen (secondary N) is 1. The summed E-state index contributed by atoms with van der Waals surface area (Å²) < 4.78 is 64.7. The van der Waals surface area contributed by atoms with Gasteiger partial charge in [0.1, 0.15) is 0 Å². The van der Waals surface area contributed by atoms with Crippen molar-refractivity contribution in [1.29, 1.82) is 0 Å². The van der Waals surface area contributed by atoms with Gasteiger partial charge in [-0.3, -0.25) is 4.79 Å². The first-order valence-corrected chi connectivity index (χ1v) is 9.28. The van der Waals surface area contributed by atoms with Crippen molar-refractivity contribution in [3.05, 3.63) is 53.1 Å². The lowest BCUT2D eigenvalue weighted by Gasteiger charge is -2.13. The van der Waals surface area contributed by atoms with Crippen LogP contribution < -0.4 is 5.32 Å². The Labute approximate surface area is 155 Å². The van der Waals surface area contributed by atoms with Crippen molar-refractivity contribution in [3.8, 4) is 0 Å². The molecule has 148 valence electrons. The van der Waals surface area contributed by atoms with Crippen LogP contribution in [0.15, 0.2) is 46.2 Å². The number of amides is 1. The van der Waals surface area contributed by atoms with Gasteiger partial charge >= 0.3 is 7.25 Å². The molecule has 0 spiro atoms. The molecule has 2 aromatic rings. The smallest absolute Gasteiger partial charge is 0.418 e. The Kier molecular flexibility index (Phi) is 7.19. The molecule has 0 saturated carbocycles. The maximum atomic E-state index is 12.8. The van der Waals surface area contributed by atoms with Crippen LogP contribution in [0.3, 0.4) is 0 Å². The zero-order valence-corrected chi connectivity index (χ0v) is 16.0. The van der Waals surface area contributed by atoms with Gasteiger partial charge in [0.15, 0.2) is 0 Å². The summed E-state index contributed by atoms with van der Waals surface area (Å²) in [5.41, 5.74) is 3.09. The molecular formula is C17H19BF4NO3S-. The molecule has 4 nitrogen and oxygen atoms in total. The van der Waals surface area contributed by atoms with Gasteiger partial charge < -0.3 is 22.6 Å². The van der Waals surface area contributed by atoms with Gasteiger partial charge in [-0.25, -0.2) is 8.42 Å². The number of sulfone groups is 1. The van der Waals surface area contributed by atoms with Gasteiger partial charge in [-0.1, -0.05) is 17.7 Å². The van der Waals surface area contributed by atoms with E-state index in [0.717, 1.165) is 16.7 Å². The summed E-state index contributed by atoms with van der Waals surface area (Å²) in [7, 11) is -9.58. The quantitative estimate of drug-likeness (QED) is 0.596. The molecule has 0 aromatic heterocycles. The highest BCUT2D eigenvalue weighted by molar-refractivity contribution is 7.91. The highest BCUT2D eigenvalue weighted by Crippen LogP contribution is 2.28. The number of anilines is 1. The number of hydrogen-bond donors (Lipinski definition) is 1. The standard InChI is InChI=1S/C17H19NO3S.BF4/c1-11-9-12(2)17(13(3)10-11)22(20,21)16-7-5-15(6-8-16)18-14(4)19;2-1(3,4)5/h5-10H,1-4H3,(H,18,19);/q;-1. The van der Waals surface area contributed by atoms with E-state index in [1.165, 1.54) is 19.1 Å². The fourth-order valence-electron chi connectivity index (χ4n) is 2.63. The Morgan fingerprint density at radius 1 is 0.926 bits per heavy atom. The second-order valence-corrected chi connectivity index (χ2v) is 7.82. The number of rotatable bonds is 3. The number of carbonyl (C=O) groups excluding carboxylic acids is 1. The van der Waals surface area contributed by atoms with Gasteiger partial charge in [0, 0.05) is 12.6 Å². The van der Waals surface area contributed by atoms with E-state index < -0.39 is 17.1 Å².